The molecule has 1 aliphatic heterocycles. The fraction of sp³-hybridized carbons (Fsp3) is 0.769. The van der Waals surface area contributed by atoms with Crippen molar-refractivity contribution in [3.8, 4) is 0 Å². The largest absolute Gasteiger partial charge is 0.378 e. The molecule has 1 aromatic heterocycles. The highest BCUT2D eigenvalue weighted by Crippen LogP contribution is 2.37. The van der Waals surface area contributed by atoms with Gasteiger partial charge >= 0.3 is 0 Å². The van der Waals surface area contributed by atoms with Crippen LogP contribution in [-0.2, 0) is 11.2 Å². The second kappa shape index (κ2) is 5.46. The maximum Gasteiger partial charge on any atom is 0.0794 e. The van der Waals surface area contributed by atoms with E-state index < -0.39 is 0 Å². The van der Waals surface area contributed by atoms with Crippen molar-refractivity contribution in [3.05, 3.63) is 16.6 Å². The van der Waals surface area contributed by atoms with Gasteiger partial charge in [-0.1, -0.05) is 13.8 Å². The number of hydrogen-bond donors (Lipinski definition) is 1. The van der Waals surface area contributed by atoms with Crippen molar-refractivity contribution in [2.75, 3.05) is 13.2 Å². The molecule has 0 spiro atoms. The molecule has 2 atom stereocenters. The molecule has 0 bridgehead atoms. The van der Waals surface area contributed by atoms with Gasteiger partial charge in [0.1, 0.15) is 0 Å². The first-order valence-corrected chi connectivity index (χ1v) is 7.29. The van der Waals surface area contributed by atoms with E-state index in [1.807, 2.05) is 5.51 Å². The Morgan fingerprint density at radius 2 is 2.47 bits per heavy atom. The third kappa shape index (κ3) is 3.06. The summed E-state index contributed by atoms with van der Waals surface area (Å²) in [6, 6.07) is 0.523. The lowest BCUT2D eigenvalue weighted by molar-refractivity contribution is 0.0616. The standard InChI is InChI=1S/C13H22N2OS/c1-10(2)14-8-13(4-5-16-11(13)3)6-12-7-17-9-15-12/h7,9-11,14H,4-6,8H2,1-3H3. The van der Waals surface area contributed by atoms with Gasteiger partial charge in [-0.05, 0) is 19.8 Å². The summed E-state index contributed by atoms with van der Waals surface area (Å²) in [7, 11) is 0. The zero-order chi connectivity index (χ0) is 12.3. The van der Waals surface area contributed by atoms with Crippen LogP contribution >= 0.6 is 11.3 Å². The van der Waals surface area contributed by atoms with Crippen LogP contribution < -0.4 is 5.32 Å². The molecule has 1 aromatic rings. The van der Waals surface area contributed by atoms with E-state index >= 15 is 0 Å². The zero-order valence-electron chi connectivity index (χ0n) is 10.9. The molecular weight excluding hydrogens is 232 g/mol. The van der Waals surface area contributed by atoms with Gasteiger partial charge in [0.15, 0.2) is 0 Å². The van der Waals surface area contributed by atoms with Crippen LogP contribution in [0.1, 0.15) is 32.9 Å². The maximum atomic E-state index is 5.79. The fourth-order valence-electron chi connectivity index (χ4n) is 2.44. The van der Waals surface area contributed by atoms with E-state index in [9.17, 15) is 0 Å². The van der Waals surface area contributed by atoms with Crippen LogP contribution in [0.2, 0.25) is 0 Å². The van der Waals surface area contributed by atoms with Crippen molar-refractivity contribution in [3.63, 3.8) is 0 Å². The van der Waals surface area contributed by atoms with E-state index in [2.05, 4.69) is 36.5 Å². The Labute approximate surface area is 108 Å². The predicted octanol–water partition coefficient (Wildman–Crippen LogP) is 2.48. The van der Waals surface area contributed by atoms with Crippen molar-refractivity contribution in [2.45, 2.75) is 45.8 Å². The number of hydrogen-bond acceptors (Lipinski definition) is 4. The van der Waals surface area contributed by atoms with Crippen LogP contribution in [0.4, 0.5) is 0 Å². The van der Waals surface area contributed by atoms with E-state index in [0.717, 1.165) is 26.0 Å². The Hall–Kier alpha value is -0.450. The molecule has 17 heavy (non-hydrogen) atoms. The highest BCUT2D eigenvalue weighted by molar-refractivity contribution is 7.07. The number of thiazole rings is 1. The molecule has 2 rings (SSSR count). The van der Waals surface area contributed by atoms with Crippen molar-refractivity contribution in [1.82, 2.24) is 10.3 Å². The molecular formula is C13H22N2OS. The number of rotatable bonds is 5. The second-order valence-electron chi connectivity index (χ2n) is 5.32. The second-order valence-corrected chi connectivity index (χ2v) is 6.04. The first kappa shape index (κ1) is 13.0. The molecule has 1 fully saturated rings. The normalized spacial score (nSPS) is 29.1. The van der Waals surface area contributed by atoms with E-state index in [1.54, 1.807) is 11.3 Å². The van der Waals surface area contributed by atoms with Crippen LogP contribution in [0.25, 0.3) is 0 Å². The molecule has 4 heteroatoms. The SMILES string of the molecule is CC(C)NCC1(Cc2cscn2)CCOC1C. The first-order valence-electron chi connectivity index (χ1n) is 6.34. The van der Waals surface area contributed by atoms with Crippen molar-refractivity contribution < 1.29 is 4.74 Å². The minimum Gasteiger partial charge on any atom is -0.378 e. The Kier molecular flexibility index (Phi) is 4.17. The lowest BCUT2D eigenvalue weighted by Crippen LogP contribution is -2.43. The summed E-state index contributed by atoms with van der Waals surface area (Å²) in [5.41, 5.74) is 3.34. The highest BCUT2D eigenvalue weighted by atomic mass is 32.1. The molecule has 1 saturated heterocycles. The summed E-state index contributed by atoms with van der Waals surface area (Å²) < 4.78 is 5.79. The molecule has 2 unspecified atom stereocenters. The monoisotopic (exact) mass is 254 g/mol. The average molecular weight is 254 g/mol. The molecule has 96 valence electrons. The molecule has 0 saturated carbocycles. The minimum absolute atomic E-state index is 0.221. The Morgan fingerprint density at radius 3 is 3.00 bits per heavy atom. The molecule has 0 aromatic carbocycles. The van der Waals surface area contributed by atoms with Crippen LogP contribution in [0.3, 0.4) is 0 Å². The molecule has 0 aliphatic carbocycles. The van der Waals surface area contributed by atoms with Crippen molar-refractivity contribution in [1.29, 1.82) is 0 Å². The fourth-order valence-corrected chi connectivity index (χ4v) is 3.00. The van der Waals surface area contributed by atoms with Gasteiger partial charge in [-0.3, -0.25) is 0 Å². The number of nitrogens with one attached hydrogen (secondary N) is 1. The molecule has 2 heterocycles. The Balaban J connectivity index is 2.07. The van der Waals surface area contributed by atoms with Gasteiger partial charge in [-0.15, -0.1) is 11.3 Å². The summed E-state index contributed by atoms with van der Waals surface area (Å²) in [4.78, 5) is 4.42. The summed E-state index contributed by atoms with van der Waals surface area (Å²) >= 11 is 1.67. The lowest BCUT2D eigenvalue weighted by atomic mass is 9.77. The van der Waals surface area contributed by atoms with Crippen LogP contribution in [0, 0.1) is 5.41 Å². The van der Waals surface area contributed by atoms with Crippen LogP contribution in [0.15, 0.2) is 10.9 Å². The van der Waals surface area contributed by atoms with Gasteiger partial charge in [-0.25, -0.2) is 4.98 Å². The minimum atomic E-state index is 0.221. The van der Waals surface area contributed by atoms with Gasteiger partial charge in [0.2, 0.25) is 0 Å². The van der Waals surface area contributed by atoms with E-state index in [4.69, 9.17) is 4.74 Å². The summed E-state index contributed by atoms with van der Waals surface area (Å²) in [5.74, 6) is 0. The maximum absolute atomic E-state index is 5.79. The summed E-state index contributed by atoms with van der Waals surface area (Å²) in [6.07, 6.45) is 2.47. The number of aromatic nitrogens is 1. The third-order valence-electron chi connectivity index (χ3n) is 3.71. The molecule has 1 N–H and O–H groups in total. The van der Waals surface area contributed by atoms with Gasteiger partial charge in [0.25, 0.3) is 0 Å². The van der Waals surface area contributed by atoms with Gasteiger partial charge < -0.3 is 10.1 Å². The molecule has 0 amide bonds. The Bertz CT molecular complexity index is 339. The van der Waals surface area contributed by atoms with Crippen molar-refractivity contribution in [2.24, 2.45) is 5.41 Å². The van der Waals surface area contributed by atoms with E-state index in [1.165, 1.54) is 5.69 Å². The lowest BCUT2D eigenvalue weighted by Gasteiger charge is -2.33. The number of nitrogens with zero attached hydrogens (tertiary/aromatic N) is 1. The molecule has 3 nitrogen and oxygen atoms in total. The number of ether oxygens (including phenoxy) is 1. The van der Waals surface area contributed by atoms with Crippen LogP contribution in [0.5, 0.6) is 0 Å². The summed E-state index contributed by atoms with van der Waals surface area (Å²) in [5, 5.41) is 5.72. The highest BCUT2D eigenvalue weighted by Gasteiger charge is 2.41. The molecule has 1 aliphatic rings. The zero-order valence-corrected chi connectivity index (χ0v) is 11.7. The van der Waals surface area contributed by atoms with Gasteiger partial charge in [0, 0.05) is 30.0 Å². The van der Waals surface area contributed by atoms with E-state index in [-0.39, 0.29) is 5.41 Å². The van der Waals surface area contributed by atoms with Crippen molar-refractivity contribution >= 4 is 11.3 Å². The summed E-state index contributed by atoms with van der Waals surface area (Å²) in [6.45, 7) is 8.48. The average Bonchev–Trinajstić information content (AvgIpc) is 2.88. The van der Waals surface area contributed by atoms with Crippen LogP contribution in [-0.4, -0.2) is 30.3 Å². The quantitative estimate of drug-likeness (QED) is 0.876. The van der Waals surface area contributed by atoms with E-state index in [0.29, 0.717) is 12.1 Å². The predicted molar refractivity (Wildman–Crippen MR) is 71.4 cm³/mol. The van der Waals surface area contributed by atoms with Gasteiger partial charge in [-0.2, -0.15) is 0 Å². The van der Waals surface area contributed by atoms with Gasteiger partial charge in [0.05, 0.1) is 17.3 Å². The Morgan fingerprint density at radius 1 is 1.65 bits per heavy atom. The first-order chi connectivity index (χ1) is 8.12. The topological polar surface area (TPSA) is 34.2 Å². The third-order valence-corrected chi connectivity index (χ3v) is 4.34. The molecule has 0 radical (unpaired) electrons. The smallest absolute Gasteiger partial charge is 0.0794 e.